The molecule has 2 aromatic heterocycles. The van der Waals surface area contributed by atoms with Crippen LogP contribution in [0.5, 0.6) is 0 Å². The quantitative estimate of drug-likeness (QED) is 0.452. The average Bonchev–Trinajstić information content (AvgIpc) is 3.47. The summed E-state index contributed by atoms with van der Waals surface area (Å²) in [6, 6.07) is 7.73. The van der Waals surface area contributed by atoms with Crippen LogP contribution in [0.1, 0.15) is 31.0 Å². The van der Waals surface area contributed by atoms with Crippen LogP contribution in [-0.4, -0.2) is 43.5 Å². The molecule has 0 spiro atoms. The minimum Gasteiger partial charge on any atom is -0.376 e. The Labute approximate surface area is 185 Å². The summed E-state index contributed by atoms with van der Waals surface area (Å²) < 4.78 is 14.1. The van der Waals surface area contributed by atoms with E-state index >= 15 is 0 Å². The molecule has 0 radical (unpaired) electrons. The normalized spacial score (nSPS) is 16.2. The van der Waals surface area contributed by atoms with Crippen LogP contribution in [0.4, 0.5) is 0 Å². The van der Waals surface area contributed by atoms with Crippen molar-refractivity contribution in [2.75, 3.05) is 6.61 Å². The molecule has 1 aliphatic heterocycles. The molecule has 1 fully saturated rings. The molecule has 3 heterocycles. The lowest BCUT2D eigenvalue weighted by Crippen LogP contribution is -2.19. The zero-order chi connectivity index (χ0) is 20.9. The van der Waals surface area contributed by atoms with E-state index in [0.717, 1.165) is 40.5 Å². The molecule has 9 nitrogen and oxygen atoms in total. The van der Waals surface area contributed by atoms with Crippen LogP contribution in [0.15, 0.2) is 38.4 Å². The first kappa shape index (κ1) is 21.0. The van der Waals surface area contributed by atoms with Gasteiger partial charge in [0.25, 0.3) is 0 Å². The van der Waals surface area contributed by atoms with Gasteiger partial charge in [0.2, 0.25) is 17.6 Å². The van der Waals surface area contributed by atoms with Crippen LogP contribution in [0.3, 0.4) is 0 Å². The van der Waals surface area contributed by atoms with Gasteiger partial charge in [0, 0.05) is 29.5 Å². The number of carbonyl (C=O) groups is 1. The van der Waals surface area contributed by atoms with E-state index in [2.05, 4.69) is 36.3 Å². The Morgan fingerprint density at radius 2 is 2.27 bits per heavy atom. The number of hydrogen-bond acceptors (Lipinski definition) is 8. The van der Waals surface area contributed by atoms with Crippen molar-refractivity contribution in [3.8, 4) is 11.4 Å². The number of nitrogens with two attached hydrogens (primary N) is 1. The Hall–Kier alpha value is -2.24. The van der Waals surface area contributed by atoms with Crippen LogP contribution < -0.4 is 5.73 Å². The van der Waals surface area contributed by atoms with Crippen LogP contribution >= 0.6 is 27.7 Å². The van der Waals surface area contributed by atoms with E-state index in [0.29, 0.717) is 30.4 Å². The van der Waals surface area contributed by atoms with Crippen molar-refractivity contribution in [2.45, 2.75) is 49.2 Å². The van der Waals surface area contributed by atoms with Crippen molar-refractivity contribution in [3.05, 3.63) is 40.5 Å². The van der Waals surface area contributed by atoms with Crippen molar-refractivity contribution in [2.24, 2.45) is 5.73 Å². The summed E-state index contributed by atoms with van der Waals surface area (Å²) >= 11 is 4.91. The number of aromatic nitrogens is 5. The van der Waals surface area contributed by atoms with Crippen molar-refractivity contribution >= 4 is 33.6 Å². The fourth-order valence-electron chi connectivity index (χ4n) is 3.21. The van der Waals surface area contributed by atoms with Gasteiger partial charge in [-0.25, -0.2) is 0 Å². The molecule has 1 aromatic carbocycles. The molecule has 1 unspecified atom stereocenters. The molecule has 30 heavy (non-hydrogen) atoms. The summed E-state index contributed by atoms with van der Waals surface area (Å²) in [5, 5.41) is 13.4. The highest BCUT2D eigenvalue weighted by molar-refractivity contribution is 9.10. The van der Waals surface area contributed by atoms with Gasteiger partial charge < -0.3 is 19.6 Å². The SMILES string of the molecule is NC(=O)CCc1nnc(SCc2nc(-c3cccc(Br)c3)no2)n1CC1CCCO1. The zero-order valence-corrected chi connectivity index (χ0v) is 18.6. The molecule has 0 saturated carbocycles. The van der Waals surface area contributed by atoms with Crippen molar-refractivity contribution in [1.29, 1.82) is 0 Å². The van der Waals surface area contributed by atoms with E-state index in [1.165, 1.54) is 11.8 Å². The lowest BCUT2D eigenvalue weighted by molar-refractivity contribution is -0.118. The van der Waals surface area contributed by atoms with Gasteiger partial charge in [-0.1, -0.05) is 45.0 Å². The number of amides is 1. The monoisotopic (exact) mass is 492 g/mol. The van der Waals surface area contributed by atoms with Gasteiger partial charge in [0.05, 0.1) is 18.4 Å². The van der Waals surface area contributed by atoms with Crippen LogP contribution in [-0.2, 0) is 28.2 Å². The van der Waals surface area contributed by atoms with E-state index in [1.807, 2.05) is 28.8 Å². The molecule has 4 rings (SSSR count). The maximum absolute atomic E-state index is 11.2. The highest BCUT2D eigenvalue weighted by Crippen LogP contribution is 2.26. The number of halogens is 1. The van der Waals surface area contributed by atoms with Gasteiger partial charge in [0.1, 0.15) is 5.82 Å². The van der Waals surface area contributed by atoms with E-state index in [1.54, 1.807) is 0 Å². The van der Waals surface area contributed by atoms with Gasteiger partial charge >= 0.3 is 0 Å². The molecule has 0 bridgehead atoms. The largest absolute Gasteiger partial charge is 0.376 e. The molecule has 0 aliphatic carbocycles. The van der Waals surface area contributed by atoms with E-state index in [-0.39, 0.29) is 18.4 Å². The molecule has 1 atom stereocenters. The molecule has 11 heteroatoms. The number of hydrogen-bond donors (Lipinski definition) is 1. The molecule has 3 aromatic rings. The van der Waals surface area contributed by atoms with Crippen molar-refractivity contribution in [3.63, 3.8) is 0 Å². The predicted octanol–water partition coefficient (Wildman–Crippen LogP) is 2.98. The Morgan fingerprint density at radius 3 is 3.03 bits per heavy atom. The minimum atomic E-state index is -0.359. The second-order valence-corrected chi connectivity index (χ2v) is 8.78. The second kappa shape index (κ2) is 9.71. The zero-order valence-electron chi connectivity index (χ0n) is 16.2. The number of aryl methyl sites for hydroxylation is 1. The molecular formula is C19H21BrN6O3S. The van der Waals surface area contributed by atoms with E-state index in [9.17, 15) is 4.79 Å². The molecular weight excluding hydrogens is 472 g/mol. The Kier molecular flexibility index (Phi) is 6.80. The lowest BCUT2D eigenvalue weighted by Gasteiger charge is -2.14. The predicted molar refractivity (Wildman–Crippen MR) is 114 cm³/mol. The number of primary amides is 1. The number of rotatable bonds is 9. The van der Waals surface area contributed by atoms with Gasteiger partial charge in [0.15, 0.2) is 5.16 Å². The first-order chi connectivity index (χ1) is 14.6. The summed E-state index contributed by atoms with van der Waals surface area (Å²) in [6.45, 7) is 1.42. The number of ether oxygens (including phenoxy) is 1. The molecule has 2 N–H and O–H groups in total. The summed E-state index contributed by atoms with van der Waals surface area (Å²) in [5.74, 6) is 1.87. The van der Waals surface area contributed by atoms with Gasteiger partial charge in [-0.05, 0) is 25.0 Å². The van der Waals surface area contributed by atoms with Crippen molar-refractivity contribution < 1.29 is 14.1 Å². The third-order valence-electron chi connectivity index (χ3n) is 4.67. The Balaban J connectivity index is 1.46. The first-order valence-electron chi connectivity index (χ1n) is 9.62. The highest BCUT2D eigenvalue weighted by atomic mass is 79.9. The highest BCUT2D eigenvalue weighted by Gasteiger charge is 2.22. The lowest BCUT2D eigenvalue weighted by atomic mass is 10.2. The minimum absolute atomic E-state index is 0.124. The fourth-order valence-corrected chi connectivity index (χ4v) is 4.41. The number of thioether (sulfide) groups is 1. The standard InChI is InChI=1S/C19H21BrN6O3S/c20-13-4-1-3-12(9-13)18-22-17(29-25-18)11-30-19-24-23-16(7-6-15(21)27)26(19)10-14-5-2-8-28-14/h1,3-4,9,14H,2,5-8,10-11H2,(H2,21,27). The third-order valence-corrected chi connectivity index (χ3v) is 6.12. The summed E-state index contributed by atoms with van der Waals surface area (Å²) in [6.07, 6.45) is 2.85. The maximum Gasteiger partial charge on any atom is 0.237 e. The summed E-state index contributed by atoms with van der Waals surface area (Å²) in [5.41, 5.74) is 6.17. The number of carbonyl (C=O) groups excluding carboxylic acids is 1. The topological polar surface area (TPSA) is 122 Å². The van der Waals surface area contributed by atoms with Gasteiger partial charge in [-0.2, -0.15) is 4.98 Å². The summed E-state index contributed by atoms with van der Waals surface area (Å²) in [4.78, 5) is 15.7. The van der Waals surface area contributed by atoms with Gasteiger partial charge in [-0.3, -0.25) is 4.79 Å². The number of nitrogens with zero attached hydrogens (tertiary/aromatic N) is 5. The van der Waals surface area contributed by atoms with Gasteiger partial charge in [-0.15, -0.1) is 10.2 Å². The first-order valence-corrected chi connectivity index (χ1v) is 11.4. The second-order valence-electron chi connectivity index (χ2n) is 6.92. The smallest absolute Gasteiger partial charge is 0.237 e. The Bertz CT molecular complexity index is 1020. The fraction of sp³-hybridized carbons (Fsp3) is 0.421. The average molecular weight is 493 g/mol. The maximum atomic E-state index is 11.2. The molecule has 1 aliphatic rings. The van der Waals surface area contributed by atoms with Crippen LogP contribution in [0, 0.1) is 0 Å². The number of benzene rings is 1. The van der Waals surface area contributed by atoms with E-state index in [4.69, 9.17) is 15.0 Å². The molecule has 1 amide bonds. The van der Waals surface area contributed by atoms with Crippen LogP contribution in [0.2, 0.25) is 0 Å². The Morgan fingerprint density at radius 1 is 1.37 bits per heavy atom. The van der Waals surface area contributed by atoms with E-state index < -0.39 is 0 Å². The summed E-state index contributed by atoms with van der Waals surface area (Å²) in [7, 11) is 0. The molecule has 1 saturated heterocycles. The molecule has 158 valence electrons. The third kappa shape index (κ3) is 5.27. The van der Waals surface area contributed by atoms with Crippen LogP contribution in [0.25, 0.3) is 11.4 Å². The van der Waals surface area contributed by atoms with Crippen molar-refractivity contribution in [1.82, 2.24) is 24.9 Å².